The molecule has 3 saturated heterocycles. The molecule has 0 radical (unpaired) electrons. The van der Waals surface area contributed by atoms with Crippen LogP contribution in [0.2, 0.25) is 0 Å². The van der Waals surface area contributed by atoms with Gasteiger partial charge in [0, 0.05) is 38.5 Å². The van der Waals surface area contributed by atoms with Crippen molar-refractivity contribution in [3.63, 3.8) is 0 Å². The van der Waals surface area contributed by atoms with Crippen LogP contribution in [0.5, 0.6) is 5.75 Å². The Bertz CT molecular complexity index is 893. The molecule has 1 N–H and O–H groups in total. The minimum Gasteiger partial charge on any atom is -0.497 e. The number of carbonyl (C=O) groups excluding carboxylic acids is 2. The Kier molecular flexibility index (Phi) is 5.26. The van der Waals surface area contributed by atoms with Gasteiger partial charge in [0.15, 0.2) is 0 Å². The topological polar surface area (TPSA) is 73.3 Å². The molecule has 2 atom stereocenters. The van der Waals surface area contributed by atoms with Crippen LogP contribution in [-0.2, 0) is 16.1 Å². The Morgan fingerprint density at radius 3 is 2.41 bits per heavy atom. The summed E-state index contributed by atoms with van der Waals surface area (Å²) >= 11 is 0. The molecule has 9 heteroatoms. The summed E-state index contributed by atoms with van der Waals surface area (Å²) in [4.78, 5) is 32.2. The first-order valence-corrected chi connectivity index (χ1v) is 11.3. The molecular formula is C23H29F2N3O4. The number of halogens is 2. The number of alkyl halides is 2. The first-order valence-electron chi connectivity index (χ1n) is 11.3. The SMILES string of the molecule is COc1ccc(CN2C(=O)C3CC(O)CN3C3(CN(C4CCC(F)(F)CC4)C3)C2=O)cc1. The van der Waals surface area contributed by atoms with E-state index in [4.69, 9.17) is 4.74 Å². The number of carbonyl (C=O) groups is 2. The molecule has 0 aromatic heterocycles. The standard InChI is InChI=1S/C23H29F2N3O4/c1-32-18-4-2-15(3-5-18)11-27-20(30)19-10-17(29)12-28(19)22(21(27)31)13-26(14-22)16-6-8-23(24,25)9-7-16/h2-5,16-17,19,29H,6-14H2,1H3. The van der Waals surface area contributed by atoms with Gasteiger partial charge in [-0.2, -0.15) is 0 Å². The lowest BCUT2D eigenvalue weighted by atomic mass is 9.79. The number of benzene rings is 1. The predicted molar refractivity (Wildman–Crippen MR) is 111 cm³/mol. The second kappa shape index (κ2) is 7.74. The lowest BCUT2D eigenvalue weighted by molar-refractivity contribution is -0.185. The van der Waals surface area contributed by atoms with Crippen LogP contribution in [0.3, 0.4) is 0 Å². The van der Waals surface area contributed by atoms with Crippen LogP contribution in [0.25, 0.3) is 0 Å². The molecule has 4 fully saturated rings. The summed E-state index contributed by atoms with van der Waals surface area (Å²) in [5.74, 6) is -2.42. The van der Waals surface area contributed by atoms with Crippen LogP contribution in [0.15, 0.2) is 24.3 Å². The Labute approximate surface area is 185 Å². The lowest BCUT2D eigenvalue weighted by Crippen LogP contribution is -2.82. The Morgan fingerprint density at radius 1 is 1.12 bits per heavy atom. The Hall–Kier alpha value is -2.10. The Balaban J connectivity index is 1.36. The van der Waals surface area contributed by atoms with Crippen molar-refractivity contribution in [3.8, 4) is 5.75 Å². The second-order valence-corrected chi connectivity index (χ2v) is 9.66. The van der Waals surface area contributed by atoms with Crippen LogP contribution >= 0.6 is 0 Å². The van der Waals surface area contributed by atoms with E-state index in [1.54, 1.807) is 19.2 Å². The van der Waals surface area contributed by atoms with Gasteiger partial charge in [-0.3, -0.25) is 24.3 Å². The van der Waals surface area contributed by atoms with Gasteiger partial charge >= 0.3 is 0 Å². The summed E-state index contributed by atoms with van der Waals surface area (Å²) < 4.78 is 32.3. The summed E-state index contributed by atoms with van der Waals surface area (Å²) in [5.41, 5.74) is -0.0528. The second-order valence-electron chi connectivity index (χ2n) is 9.66. The number of ether oxygens (including phenoxy) is 1. The van der Waals surface area contributed by atoms with E-state index < -0.39 is 23.6 Å². The zero-order chi connectivity index (χ0) is 22.7. The minimum absolute atomic E-state index is 0.0340. The molecule has 2 amide bonds. The Morgan fingerprint density at radius 2 is 1.78 bits per heavy atom. The van der Waals surface area contributed by atoms with E-state index in [0.29, 0.717) is 38.1 Å². The van der Waals surface area contributed by atoms with E-state index in [1.807, 2.05) is 17.0 Å². The zero-order valence-electron chi connectivity index (χ0n) is 18.2. The number of piperazine rings is 1. The fourth-order valence-corrected chi connectivity index (χ4v) is 5.83. The summed E-state index contributed by atoms with van der Waals surface area (Å²) in [7, 11) is 1.58. The molecule has 174 valence electrons. The normalized spacial score (nSPS) is 30.4. The number of hydrogen-bond donors (Lipinski definition) is 1. The van der Waals surface area contributed by atoms with Gasteiger partial charge in [-0.25, -0.2) is 8.78 Å². The molecule has 5 rings (SSSR count). The van der Waals surface area contributed by atoms with E-state index >= 15 is 0 Å². The molecule has 0 bridgehead atoms. The number of nitrogens with zero attached hydrogens (tertiary/aromatic N) is 3. The summed E-state index contributed by atoms with van der Waals surface area (Å²) in [5, 5.41) is 10.3. The molecule has 1 aromatic rings. The first-order chi connectivity index (χ1) is 15.2. The van der Waals surface area contributed by atoms with Gasteiger partial charge in [-0.15, -0.1) is 0 Å². The first kappa shape index (κ1) is 21.7. The summed E-state index contributed by atoms with van der Waals surface area (Å²) in [6.07, 6.45) is 0.236. The number of imide groups is 1. The smallest absolute Gasteiger partial charge is 0.252 e. The quantitative estimate of drug-likeness (QED) is 0.705. The third kappa shape index (κ3) is 3.50. The van der Waals surface area contributed by atoms with E-state index in [1.165, 1.54) is 4.90 Å². The maximum atomic E-state index is 13.7. The van der Waals surface area contributed by atoms with Gasteiger partial charge in [0.1, 0.15) is 11.3 Å². The van der Waals surface area contributed by atoms with E-state index in [0.717, 1.165) is 5.56 Å². The number of hydrogen-bond acceptors (Lipinski definition) is 6. The molecule has 2 unspecified atom stereocenters. The van der Waals surface area contributed by atoms with Gasteiger partial charge in [0.05, 0.1) is 25.8 Å². The number of amides is 2. The largest absolute Gasteiger partial charge is 0.497 e. The number of aliphatic hydroxyl groups is 1. The molecule has 32 heavy (non-hydrogen) atoms. The number of likely N-dealkylation sites (tertiary alicyclic amines) is 1. The highest BCUT2D eigenvalue weighted by molar-refractivity contribution is 6.06. The van der Waals surface area contributed by atoms with Crippen LogP contribution in [0, 0.1) is 0 Å². The van der Waals surface area contributed by atoms with Crippen molar-refractivity contribution in [1.29, 1.82) is 0 Å². The van der Waals surface area contributed by atoms with Gasteiger partial charge in [0.2, 0.25) is 11.8 Å². The lowest BCUT2D eigenvalue weighted by Gasteiger charge is -2.60. The molecule has 4 aliphatic rings. The van der Waals surface area contributed by atoms with Gasteiger partial charge in [-0.1, -0.05) is 12.1 Å². The third-order valence-corrected chi connectivity index (χ3v) is 7.66. The molecule has 1 saturated carbocycles. The van der Waals surface area contributed by atoms with E-state index in [2.05, 4.69) is 4.90 Å². The van der Waals surface area contributed by atoms with E-state index in [-0.39, 0.29) is 43.8 Å². The predicted octanol–water partition coefficient (Wildman–Crippen LogP) is 1.63. The molecule has 1 aliphatic carbocycles. The number of rotatable bonds is 4. The number of β-amino-alcohol motifs (C(OH)–C–C–N with tert-alkyl or cyclic N) is 1. The average molecular weight is 449 g/mol. The van der Waals surface area contributed by atoms with Crippen LogP contribution in [-0.4, -0.2) is 88.0 Å². The van der Waals surface area contributed by atoms with Crippen molar-refractivity contribution in [2.45, 2.75) is 68.3 Å². The van der Waals surface area contributed by atoms with Crippen LogP contribution < -0.4 is 4.74 Å². The summed E-state index contributed by atoms with van der Waals surface area (Å²) in [6.45, 7) is 1.28. The maximum absolute atomic E-state index is 13.7. The molecule has 7 nitrogen and oxygen atoms in total. The number of methoxy groups -OCH3 is 1. The van der Waals surface area contributed by atoms with Crippen molar-refractivity contribution in [3.05, 3.63) is 29.8 Å². The fraction of sp³-hybridized carbons (Fsp3) is 0.652. The van der Waals surface area contributed by atoms with Crippen molar-refractivity contribution >= 4 is 11.8 Å². The highest BCUT2D eigenvalue weighted by atomic mass is 19.3. The van der Waals surface area contributed by atoms with Crippen molar-refractivity contribution in [2.24, 2.45) is 0 Å². The van der Waals surface area contributed by atoms with Crippen molar-refractivity contribution in [2.75, 3.05) is 26.7 Å². The third-order valence-electron chi connectivity index (χ3n) is 7.66. The number of aliphatic hydroxyl groups excluding tert-OH is 1. The molecule has 3 heterocycles. The monoisotopic (exact) mass is 449 g/mol. The zero-order valence-corrected chi connectivity index (χ0v) is 18.2. The van der Waals surface area contributed by atoms with Crippen molar-refractivity contribution < 1.29 is 28.2 Å². The molecular weight excluding hydrogens is 420 g/mol. The van der Waals surface area contributed by atoms with Gasteiger partial charge in [-0.05, 0) is 37.0 Å². The van der Waals surface area contributed by atoms with E-state index in [9.17, 15) is 23.5 Å². The van der Waals surface area contributed by atoms with Gasteiger partial charge < -0.3 is 9.84 Å². The van der Waals surface area contributed by atoms with Gasteiger partial charge in [0.25, 0.3) is 5.91 Å². The number of fused-ring (bicyclic) bond motifs is 2. The van der Waals surface area contributed by atoms with Crippen LogP contribution in [0.1, 0.15) is 37.7 Å². The summed E-state index contributed by atoms with van der Waals surface area (Å²) in [6, 6.07) is 6.75. The maximum Gasteiger partial charge on any atom is 0.252 e. The fourth-order valence-electron chi connectivity index (χ4n) is 5.83. The van der Waals surface area contributed by atoms with Crippen LogP contribution in [0.4, 0.5) is 8.78 Å². The van der Waals surface area contributed by atoms with Crippen molar-refractivity contribution in [1.82, 2.24) is 14.7 Å². The highest BCUT2D eigenvalue weighted by Crippen LogP contribution is 2.44. The minimum atomic E-state index is -2.59. The molecule has 1 spiro atoms. The molecule has 1 aromatic carbocycles. The highest BCUT2D eigenvalue weighted by Gasteiger charge is 2.65. The molecule has 3 aliphatic heterocycles. The average Bonchev–Trinajstić information content (AvgIpc) is 3.13.